The first-order valence-electron chi connectivity index (χ1n) is 4.98. The maximum Gasteiger partial charge on any atom is 0.257 e. The van der Waals surface area contributed by atoms with Crippen LogP contribution in [0.4, 0.5) is 0 Å². The molecular weight excluding hydrogens is 164 g/mol. The van der Waals surface area contributed by atoms with Crippen molar-refractivity contribution < 1.29 is 4.79 Å². The van der Waals surface area contributed by atoms with Crippen molar-refractivity contribution in [2.75, 3.05) is 0 Å². The van der Waals surface area contributed by atoms with E-state index in [1.807, 2.05) is 6.08 Å². The average molecular weight is 184 g/mol. The molecule has 3 N–H and O–H groups in total. The lowest BCUT2D eigenvalue weighted by Crippen LogP contribution is -2.27. The normalized spacial score (nSPS) is 10.6. The molecule has 0 aromatic heterocycles. The highest BCUT2D eigenvalue weighted by Gasteiger charge is 1.89. The van der Waals surface area contributed by atoms with Crippen LogP contribution in [-0.4, -0.2) is 5.91 Å². The molecule has 0 atom stereocenters. The Labute approximate surface area is 80.4 Å². The lowest BCUT2D eigenvalue weighted by Gasteiger charge is -1.95. The lowest BCUT2D eigenvalue weighted by molar-refractivity contribution is -0.116. The second kappa shape index (κ2) is 9.26. The van der Waals surface area contributed by atoms with E-state index >= 15 is 0 Å². The Morgan fingerprint density at radius 1 is 1.31 bits per heavy atom. The standard InChI is InChI=1S/C10H20N2O/c1-2-3-4-5-6-7-8-9-10(13)12-11/h8-9H,2-7,11H2,1H3,(H,12,13)/b9-8+. The van der Waals surface area contributed by atoms with Crippen molar-refractivity contribution in [2.45, 2.75) is 45.4 Å². The summed E-state index contributed by atoms with van der Waals surface area (Å²) in [7, 11) is 0. The average Bonchev–Trinajstić information content (AvgIpc) is 2.16. The molecule has 0 heterocycles. The molecule has 13 heavy (non-hydrogen) atoms. The summed E-state index contributed by atoms with van der Waals surface area (Å²) in [5.74, 6) is 4.67. The van der Waals surface area contributed by atoms with E-state index in [-0.39, 0.29) is 5.91 Å². The number of carbonyl (C=O) groups is 1. The topological polar surface area (TPSA) is 55.1 Å². The van der Waals surface area contributed by atoms with Gasteiger partial charge in [-0.05, 0) is 12.8 Å². The number of hydrogen-bond donors (Lipinski definition) is 2. The molecule has 0 aliphatic heterocycles. The highest BCUT2D eigenvalue weighted by Crippen LogP contribution is 2.04. The molecule has 0 radical (unpaired) electrons. The third-order valence-corrected chi connectivity index (χ3v) is 1.89. The highest BCUT2D eigenvalue weighted by atomic mass is 16.2. The molecule has 1 amide bonds. The zero-order chi connectivity index (χ0) is 9.94. The number of nitrogens with two attached hydrogens (primary N) is 1. The Balaban J connectivity index is 3.15. The number of hydrogen-bond acceptors (Lipinski definition) is 2. The first-order chi connectivity index (χ1) is 6.31. The maximum atomic E-state index is 10.6. The Hall–Kier alpha value is -0.830. The Bertz CT molecular complexity index is 155. The smallest absolute Gasteiger partial charge is 0.257 e. The fourth-order valence-electron chi connectivity index (χ4n) is 1.10. The van der Waals surface area contributed by atoms with Gasteiger partial charge in [0.05, 0.1) is 0 Å². The number of hydrazine groups is 1. The summed E-state index contributed by atoms with van der Waals surface area (Å²) in [5, 5.41) is 0. The van der Waals surface area contributed by atoms with E-state index in [0.717, 1.165) is 12.8 Å². The van der Waals surface area contributed by atoms with Crippen molar-refractivity contribution in [3.8, 4) is 0 Å². The monoisotopic (exact) mass is 184 g/mol. The maximum absolute atomic E-state index is 10.6. The zero-order valence-electron chi connectivity index (χ0n) is 8.38. The van der Waals surface area contributed by atoms with Gasteiger partial charge in [-0.2, -0.15) is 0 Å². The molecule has 76 valence electrons. The van der Waals surface area contributed by atoms with Crippen LogP contribution < -0.4 is 11.3 Å². The Kier molecular flexibility index (Phi) is 8.67. The largest absolute Gasteiger partial charge is 0.291 e. The van der Waals surface area contributed by atoms with Gasteiger partial charge in [0.2, 0.25) is 0 Å². The number of rotatable bonds is 7. The van der Waals surface area contributed by atoms with E-state index in [2.05, 4.69) is 12.3 Å². The SMILES string of the molecule is CCCCCCC/C=C/C(=O)NN. The molecular formula is C10H20N2O. The third kappa shape index (κ3) is 9.08. The van der Waals surface area contributed by atoms with Gasteiger partial charge in [0.25, 0.3) is 5.91 Å². The zero-order valence-corrected chi connectivity index (χ0v) is 8.38. The Morgan fingerprint density at radius 3 is 2.62 bits per heavy atom. The molecule has 0 aromatic carbocycles. The van der Waals surface area contributed by atoms with Crippen LogP contribution in [0.2, 0.25) is 0 Å². The summed E-state index contributed by atoms with van der Waals surface area (Å²) >= 11 is 0. The molecule has 0 aromatic rings. The van der Waals surface area contributed by atoms with Crippen LogP contribution in [0.25, 0.3) is 0 Å². The molecule has 3 nitrogen and oxygen atoms in total. The van der Waals surface area contributed by atoms with Crippen molar-refractivity contribution in [1.82, 2.24) is 5.43 Å². The van der Waals surface area contributed by atoms with Gasteiger partial charge in [-0.3, -0.25) is 10.2 Å². The molecule has 0 aliphatic carbocycles. The van der Waals surface area contributed by atoms with Crippen LogP contribution in [0.3, 0.4) is 0 Å². The summed E-state index contributed by atoms with van der Waals surface area (Å²) in [6.45, 7) is 2.20. The number of unbranched alkanes of at least 4 members (excludes halogenated alkanes) is 5. The number of allylic oxidation sites excluding steroid dienone is 1. The molecule has 0 bridgehead atoms. The van der Waals surface area contributed by atoms with Crippen LogP contribution in [0.5, 0.6) is 0 Å². The lowest BCUT2D eigenvalue weighted by atomic mass is 10.1. The van der Waals surface area contributed by atoms with Gasteiger partial charge in [-0.1, -0.05) is 38.7 Å². The van der Waals surface area contributed by atoms with Crippen LogP contribution in [-0.2, 0) is 4.79 Å². The first-order valence-corrected chi connectivity index (χ1v) is 4.98. The molecule has 0 aliphatic rings. The van der Waals surface area contributed by atoms with Crippen molar-refractivity contribution in [3.05, 3.63) is 12.2 Å². The van der Waals surface area contributed by atoms with Crippen molar-refractivity contribution in [1.29, 1.82) is 0 Å². The second-order valence-electron chi connectivity index (χ2n) is 3.11. The van der Waals surface area contributed by atoms with Gasteiger partial charge in [-0.15, -0.1) is 0 Å². The van der Waals surface area contributed by atoms with Crippen LogP contribution in [0, 0.1) is 0 Å². The summed E-state index contributed by atoms with van der Waals surface area (Å²) in [6.07, 6.45) is 10.6. The van der Waals surface area contributed by atoms with Gasteiger partial charge in [0.15, 0.2) is 0 Å². The third-order valence-electron chi connectivity index (χ3n) is 1.89. The molecule has 0 rings (SSSR count). The van der Waals surface area contributed by atoms with Crippen molar-refractivity contribution in [2.24, 2.45) is 5.84 Å². The molecule has 0 unspecified atom stereocenters. The molecule has 3 heteroatoms. The minimum Gasteiger partial charge on any atom is -0.291 e. The van der Waals surface area contributed by atoms with Crippen molar-refractivity contribution >= 4 is 5.91 Å². The summed E-state index contributed by atoms with van der Waals surface area (Å²) < 4.78 is 0. The minimum absolute atomic E-state index is 0.228. The van der Waals surface area contributed by atoms with Crippen molar-refractivity contribution in [3.63, 3.8) is 0 Å². The minimum atomic E-state index is -0.228. The van der Waals surface area contributed by atoms with Gasteiger partial charge in [0, 0.05) is 6.08 Å². The second-order valence-corrected chi connectivity index (χ2v) is 3.11. The van der Waals surface area contributed by atoms with Crippen LogP contribution in [0.1, 0.15) is 45.4 Å². The predicted molar refractivity (Wildman–Crippen MR) is 54.8 cm³/mol. The van der Waals surface area contributed by atoms with Crippen LogP contribution >= 0.6 is 0 Å². The van der Waals surface area contributed by atoms with Gasteiger partial charge < -0.3 is 0 Å². The first kappa shape index (κ1) is 12.2. The van der Waals surface area contributed by atoms with E-state index in [1.54, 1.807) is 0 Å². The molecule has 0 saturated heterocycles. The molecule has 0 saturated carbocycles. The van der Waals surface area contributed by atoms with Crippen LogP contribution in [0.15, 0.2) is 12.2 Å². The quantitative estimate of drug-likeness (QED) is 0.209. The van der Waals surface area contributed by atoms with Gasteiger partial charge in [0.1, 0.15) is 0 Å². The summed E-state index contributed by atoms with van der Waals surface area (Å²) in [5.41, 5.74) is 2.05. The van der Waals surface area contributed by atoms with E-state index in [1.165, 1.54) is 31.8 Å². The fourth-order valence-corrected chi connectivity index (χ4v) is 1.10. The predicted octanol–water partition coefficient (Wildman–Crippen LogP) is 1.89. The Morgan fingerprint density at radius 2 is 2.00 bits per heavy atom. The van der Waals surface area contributed by atoms with E-state index < -0.39 is 0 Å². The van der Waals surface area contributed by atoms with Gasteiger partial charge in [-0.25, -0.2) is 5.84 Å². The molecule has 0 spiro atoms. The summed E-state index contributed by atoms with van der Waals surface area (Å²) in [6, 6.07) is 0. The summed E-state index contributed by atoms with van der Waals surface area (Å²) in [4.78, 5) is 10.6. The van der Waals surface area contributed by atoms with E-state index in [4.69, 9.17) is 5.84 Å². The molecule has 0 fully saturated rings. The van der Waals surface area contributed by atoms with Gasteiger partial charge >= 0.3 is 0 Å². The fraction of sp³-hybridized carbons (Fsp3) is 0.700. The number of carbonyl (C=O) groups excluding carboxylic acids is 1. The highest BCUT2D eigenvalue weighted by molar-refractivity contribution is 5.86. The van der Waals surface area contributed by atoms with E-state index in [9.17, 15) is 4.79 Å². The number of amides is 1. The van der Waals surface area contributed by atoms with E-state index in [0.29, 0.717) is 0 Å². The number of nitrogens with one attached hydrogen (secondary N) is 1.